The number of aryl methyl sites for hydroxylation is 2. The molecule has 4 heteroatoms. The van der Waals surface area contributed by atoms with Crippen LogP contribution in [0.25, 0.3) is 0 Å². The average molecular weight is 354 g/mol. The predicted octanol–water partition coefficient (Wildman–Crippen LogP) is 3.71. The quantitative estimate of drug-likeness (QED) is 0.857. The summed E-state index contributed by atoms with van der Waals surface area (Å²) in [5.74, 6) is 1.60. The molecular formula is C22H30N2O2. The van der Waals surface area contributed by atoms with Crippen LogP contribution in [0.5, 0.6) is 11.5 Å². The summed E-state index contributed by atoms with van der Waals surface area (Å²) in [5, 5.41) is 3.46. The van der Waals surface area contributed by atoms with Crippen molar-refractivity contribution in [2.45, 2.75) is 26.8 Å². The Kier molecular flexibility index (Phi) is 6.17. The van der Waals surface area contributed by atoms with E-state index in [1.165, 1.54) is 22.3 Å². The van der Waals surface area contributed by atoms with Gasteiger partial charge in [0.15, 0.2) is 11.5 Å². The van der Waals surface area contributed by atoms with Gasteiger partial charge in [-0.05, 0) is 44.0 Å². The van der Waals surface area contributed by atoms with Crippen LogP contribution in [0, 0.1) is 13.8 Å². The van der Waals surface area contributed by atoms with Gasteiger partial charge in [-0.25, -0.2) is 0 Å². The molecule has 2 aromatic carbocycles. The minimum absolute atomic E-state index is 0.223. The third kappa shape index (κ3) is 4.19. The van der Waals surface area contributed by atoms with Gasteiger partial charge >= 0.3 is 0 Å². The van der Waals surface area contributed by atoms with Crippen molar-refractivity contribution in [3.05, 3.63) is 58.7 Å². The number of nitrogens with zero attached hydrogens (tertiary/aromatic N) is 1. The number of nitrogens with one attached hydrogen (secondary N) is 1. The van der Waals surface area contributed by atoms with E-state index in [1.807, 2.05) is 13.0 Å². The van der Waals surface area contributed by atoms with E-state index in [0.29, 0.717) is 6.61 Å². The maximum atomic E-state index is 5.83. The summed E-state index contributed by atoms with van der Waals surface area (Å²) >= 11 is 0. The maximum Gasteiger partial charge on any atom is 0.161 e. The van der Waals surface area contributed by atoms with Gasteiger partial charge in [-0.15, -0.1) is 0 Å². The average Bonchev–Trinajstić information content (AvgIpc) is 2.63. The van der Waals surface area contributed by atoms with Crippen LogP contribution in [0.2, 0.25) is 0 Å². The van der Waals surface area contributed by atoms with Crippen LogP contribution in [0.3, 0.4) is 0 Å². The summed E-state index contributed by atoms with van der Waals surface area (Å²) in [6.07, 6.45) is 0. The lowest BCUT2D eigenvalue weighted by Crippen LogP contribution is -2.45. The van der Waals surface area contributed by atoms with Gasteiger partial charge in [0.05, 0.1) is 19.8 Å². The molecule has 1 aliphatic rings. The van der Waals surface area contributed by atoms with E-state index in [2.05, 4.69) is 54.4 Å². The Balaban J connectivity index is 2.06. The molecule has 1 heterocycles. The summed E-state index contributed by atoms with van der Waals surface area (Å²) in [7, 11) is 1.69. The number of ether oxygens (including phenoxy) is 2. The molecule has 0 radical (unpaired) electrons. The van der Waals surface area contributed by atoms with E-state index in [4.69, 9.17) is 9.47 Å². The smallest absolute Gasteiger partial charge is 0.161 e. The zero-order valence-corrected chi connectivity index (χ0v) is 16.3. The Hall–Kier alpha value is -2.04. The Bertz CT molecular complexity index is 719. The number of benzene rings is 2. The van der Waals surface area contributed by atoms with Crippen molar-refractivity contribution >= 4 is 0 Å². The molecule has 1 atom stereocenters. The van der Waals surface area contributed by atoms with Crippen LogP contribution in [0.15, 0.2) is 36.4 Å². The number of hydrogen-bond donors (Lipinski definition) is 1. The summed E-state index contributed by atoms with van der Waals surface area (Å²) in [4.78, 5) is 2.56. The maximum absolute atomic E-state index is 5.83. The van der Waals surface area contributed by atoms with E-state index in [9.17, 15) is 0 Å². The number of hydrogen-bond acceptors (Lipinski definition) is 4. The third-order valence-electron chi connectivity index (χ3n) is 4.88. The van der Waals surface area contributed by atoms with E-state index in [-0.39, 0.29) is 6.04 Å². The van der Waals surface area contributed by atoms with Gasteiger partial charge in [-0.1, -0.05) is 35.4 Å². The lowest BCUT2D eigenvalue weighted by atomic mass is 9.93. The standard InChI is InChI=1S/C22H30N2O2/c1-5-26-21-15-18(6-7-20(21)25-4)22(24-10-8-23-9-11-24)19-13-16(2)12-17(3)14-19/h6-7,12-15,22-23H,5,8-11H2,1-4H3. The minimum Gasteiger partial charge on any atom is -0.493 e. The Morgan fingerprint density at radius 2 is 1.65 bits per heavy atom. The monoisotopic (exact) mass is 354 g/mol. The zero-order valence-electron chi connectivity index (χ0n) is 16.3. The largest absolute Gasteiger partial charge is 0.493 e. The van der Waals surface area contributed by atoms with Crippen molar-refractivity contribution in [1.29, 1.82) is 0 Å². The van der Waals surface area contributed by atoms with Gasteiger partial charge < -0.3 is 14.8 Å². The Morgan fingerprint density at radius 1 is 0.962 bits per heavy atom. The molecule has 1 unspecified atom stereocenters. The molecule has 0 amide bonds. The SMILES string of the molecule is CCOc1cc(C(c2cc(C)cc(C)c2)N2CCNCC2)ccc1OC. The molecule has 2 aromatic rings. The van der Waals surface area contributed by atoms with Crippen molar-refractivity contribution in [2.24, 2.45) is 0 Å². The molecule has 0 aromatic heterocycles. The molecule has 140 valence electrons. The van der Waals surface area contributed by atoms with Gasteiger partial charge in [0.25, 0.3) is 0 Å². The highest BCUT2D eigenvalue weighted by Crippen LogP contribution is 2.36. The van der Waals surface area contributed by atoms with Crippen molar-refractivity contribution in [3.8, 4) is 11.5 Å². The van der Waals surface area contributed by atoms with E-state index < -0.39 is 0 Å². The molecule has 0 spiro atoms. The zero-order chi connectivity index (χ0) is 18.5. The van der Waals surface area contributed by atoms with E-state index in [0.717, 1.165) is 37.7 Å². The lowest BCUT2D eigenvalue weighted by molar-refractivity contribution is 0.198. The Labute approximate surface area is 157 Å². The number of methoxy groups -OCH3 is 1. The van der Waals surface area contributed by atoms with Gasteiger partial charge in [0, 0.05) is 26.2 Å². The van der Waals surface area contributed by atoms with Crippen LogP contribution in [0.1, 0.15) is 35.2 Å². The molecule has 3 rings (SSSR count). The summed E-state index contributed by atoms with van der Waals surface area (Å²) < 4.78 is 11.3. The van der Waals surface area contributed by atoms with Gasteiger partial charge in [0.2, 0.25) is 0 Å². The second-order valence-corrected chi connectivity index (χ2v) is 6.95. The molecule has 1 fully saturated rings. The highest BCUT2D eigenvalue weighted by Gasteiger charge is 2.25. The summed E-state index contributed by atoms with van der Waals surface area (Å²) in [6, 6.07) is 13.4. The molecule has 0 bridgehead atoms. The topological polar surface area (TPSA) is 33.7 Å². The van der Waals surface area contributed by atoms with Crippen molar-refractivity contribution < 1.29 is 9.47 Å². The normalized spacial score (nSPS) is 16.3. The van der Waals surface area contributed by atoms with Crippen LogP contribution >= 0.6 is 0 Å². The molecular weight excluding hydrogens is 324 g/mol. The fourth-order valence-corrected chi connectivity index (χ4v) is 3.85. The van der Waals surface area contributed by atoms with Gasteiger partial charge in [0.1, 0.15) is 0 Å². The van der Waals surface area contributed by atoms with Gasteiger partial charge in [-0.3, -0.25) is 4.90 Å². The van der Waals surface area contributed by atoms with Crippen molar-refractivity contribution in [3.63, 3.8) is 0 Å². The first-order valence-corrected chi connectivity index (χ1v) is 9.46. The number of piperazine rings is 1. The van der Waals surface area contributed by atoms with Crippen LogP contribution < -0.4 is 14.8 Å². The summed E-state index contributed by atoms with van der Waals surface area (Å²) in [6.45, 7) is 11.1. The molecule has 1 N–H and O–H groups in total. The van der Waals surface area contributed by atoms with Crippen molar-refractivity contribution in [1.82, 2.24) is 10.2 Å². The molecule has 4 nitrogen and oxygen atoms in total. The van der Waals surface area contributed by atoms with Gasteiger partial charge in [-0.2, -0.15) is 0 Å². The highest BCUT2D eigenvalue weighted by atomic mass is 16.5. The first kappa shape index (κ1) is 18.7. The highest BCUT2D eigenvalue weighted by molar-refractivity contribution is 5.46. The van der Waals surface area contributed by atoms with Crippen molar-refractivity contribution in [2.75, 3.05) is 39.9 Å². The molecule has 0 saturated carbocycles. The third-order valence-corrected chi connectivity index (χ3v) is 4.88. The molecule has 1 saturated heterocycles. The fourth-order valence-electron chi connectivity index (χ4n) is 3.85. The summed E-state index contributed by atoms with van der Waals surface area (Å²) in [5.41, 5.74) is 5.20. The second kappa shape index (κ2) is 8.56. The lowest BCUT2D eigenvalue weighted by Gasteiger charge is -2.36. The molecule has 1 aliphatic heterocycles. The minimum atomic E-state index is 0.223. The van der Waals surface area contributed by atoms with Crippen LogP contribution in [-0.2, 0) is 0 Å². The first-order valence-electron chi connectivity index (χ1n) is 9.46. The Morgan fingerprint density at radius 3 is 2.27 bits per heavy atom. The van der Waals surface area contributed by atoms with E-state index >= 15 is 0 Å². The van der Waals surface area contributed by atoms with Crippen LogP contribution in [0.4, 0.5) is 0 Å². The van der Waals surface area contributed by atoms with Crippen LogP contribution in [-0.4, -0.2) is 44.8 Å². The molecule has 26 heavy (non-hydrogen) atoms. The first-order chi connectivity index (χ1) is 12.6. The predicted molar refractivity (Wildman–Crippen MR) is 106 cm³/mol. The fraction of sp³-hybridized carbons (Fsp3) is 0.455. The van der Waals surface area contributed by atoms with E-state index in [1.54, 1.807) is 7.11 Å². The number of rotatable bonds is 6. The second-order valence-electron chi connectivity index (χ2n) is 6.95. The molecule has 0 aliphatic carbocycles.